The maximum atomic E-state index is 6.26. The lowest BCUT2D eigenvalue weighted by atomic mass is 10.1. The van der Waals surface area contributed by atoms with E-state index < -0.39 is 0 Å². The molecule has 1 aliphatic heterocycles. The Labute approximate surface area is 133 Å². The first-order chi connectivity index (χ1) is 10.2. The molecule has 0 saturated heterocycles. The van der Waals surface area contributed by atoms with Crippen molar-refractivity contribution in [3.05, 3.63) is 53.1 Å². The van der Waals surface area contributed by atoms with Gasteiger partial charge in [-0.3, -0.25) is 0 Å². The van der Waals surface area contributed by atoms with Crippen LogP contribution < -0.4 is 15.2 Å². The Hall–Kier alpha value is -1.36. The van der Waals surface area contributed by atoms with E-state index in [0.29, 0.717) is 13.2 Å². The molecule has 0 aliphatic carbocycles. The molecule has 110 valence electrons. The number of hydrogen-bond acceptors (Lipinski definition) is 4. The summed E-state index contributed by atoms with van der Waals surface area (Å²) in [7, 11) is 0. The molecule has 0 amide bonds. The van der Waals surface area contributed by atoms with Crippen LogP contribution in [0.2, 0.25) is 5.02 Å². The zero-order valence-corrected chi connectivity index (χ0v) is 13.0. The van der Waals surface area contributed by atoms with Crippen LogP contribution in [0.3, 0.4) is 0 Å². The van der Waals surface area contributed by atoms with E-state index in [1.54, 1.807) is 11.8 Å². The van der Waals surface area contributed by atoms with Crippen molar-refractivity contribution < 1.29 is 9.47 Å². The van der Waals surface area contributed by atoms with Crippen LogP contribution >= 0.6 is 23.4 Å². The van der Waals surface area contributed by atoms with Crippen LogP contribution in [0, 0.1) is 0 Å². The zero-order chi connectivity index (χ0) is 14.7. The van der Waals surface area contributed by atoms with Gasteiger partial charge in [-0.2, -0.15) is 0 Å². The number of benzene rings is 2. The first-order valence-corrected chi connectivity index (χ1v) is 8.12. The monoisotopic (exact) mass is 321 g/mol. The van der Waals surface area contributed by atoms with Gasteiger partial charge in [0.05, 0.1) is 0 Å². The van der Waals surface area contributed by atoms with E-state index in [4.69, 9.17) is 26.8 Å². The predicted octanol–water partition coefficient (Wildman–Crippen LogP) is 3.90. The molecular formula is C16H16ClNO2S. The maximum Gasteiger partial charge on any atom is 0.161 e. The van der Waals surface area contributed by atoms with Gasteiger partial charge in [-0.1, -0.05) is 17.7 Å². The van der Waals surface area contributed by atoms with Gasteiger partial charge in [-0.05, 0) is 42.0 Å². The van der Waals surface area contributed by atoms with Gasteiger partial charge in [0.1, 0.15) is 13.2 Å². The van der Waals surface area contributed by atoms with Crippen LogP contribution in [0.4, 0.5) is 0 Å². The fourth-order valence-corrected chi connectivity index (χ4v) is 3.12. The molecular weight excluding hydrogens is 306 g/mol. The lowest BCUT2D eigenvalue weighted by Crippen LogP contribution is -2.17. The molecule has 2 aromatic rings. The first-order valence-electron chi connectivity index (χ1n) is 6.76. The van der Waals surface area contributed by atoms with Gasteiger partial charge < -0.3 is 15.2 Å². The van der Waals surface area contributed by atoms with Gasteiger partial charge in [0.25, 0.3) is 0 Å². The topological polar surface area (TPSA) is 44.5 Å². The highest BCUT2D eigenvalue weighted by Crippen LogP contribution is 2.33. The third-order valence-corrected chi connectivity index (χ3v) is 4.62. The second kappa shape index (κ2) is 6.60. The average Bonchev–Trinajstić information content (AvgIpc) is 2.53. The Kier molecular flexibility index (Phi) is 4.58. The second-order valence-corrected chi connectivity index (χ2v) is 6.30. The number of hydrogen-bond donors (Lipinski definition) is 1. The largest absolute Gasteiger partial charge is 0.486 e. The van der Waals surface area contributed by atoms with Gasteiger partial charge in [-0.15, -0.1) is 11.8 Å². The van der Waals surface area contributed by atoms with E-state index in [2.05, 4.69) is 0 Å². The fraction of sp³-hybridized carbons (Fsp3) is 0.250. The molecule has 21 heavy (non-hydrogen) atoms. The first kappa shape index (κ1) is 14.6. The summed E-state index contributed by atoms with van der Waals surface area (Å²) in [5, 5.41) is 0.746. The smallest absolute Gasteiger partial charge is 0.161 e. The van der Waals surface area contributed by atoms with Gasteiger partial charge in [0, 0.05) is 21.7 Å². The summed E-state index contributed by atoms with van der Waals surface area (Å²) in [5.74, 6) is 2.37. The third-order valence-electron chi connectivity index (χ3n) is 3.24. The van der Waals surface area contributed by atoms with Crippen LogP contribution in [-0.4, -0.2) is 19.0 Å². The lowest BCUT2D eigenvalue weighted by molar-refractivity contribution is 0.171. The molecule has 0 bridgehead atoms. The summed E-state index contributed by atoms with van der Waals surface area (Å²) in [4.78, 5) is 1.16. The van der Waals surface area contributed by atoms with Gasteiger partial charge in [-0.25, -0.2) is 0 Å². The standard InChI is InChI=1S/C16H16ClNO2S/c17-12-2-4-13(5-3-12)21-10-14(18)11-1-6-15-16(9-11)20-8-7-19-15/h1-6,9,14H,7-8,10,18H2. The minimum Gasteiger partial charge on any atom is -0.486 e. The van der Waals surface area contributed by atoms with E-state index in [0.717, 1.165) is 32.7 Å². The number of nitrogens with two attached hydrogens (primary N) is 1. The van der Waals surface area contributed by atoms with Crippen LogP contribution in [0.15, 0.2) is 47.4 Å². The summed E-state index contributed by atoms with van der Waals surface area (Å²) < 4.78 is 11.1. The van der Waals surface area contributed by atoms with Crippen LogP contribution in [0.25, 0.3) is 0 Å². The molecule has 3 nitrogen and oxygen atoms in total. The van der Waals surface area contributed by atoms with Crippen molar-refractivity contribution in [1.82, 2.24) is 0 Å². The van der Waals surface area contributed by atoms with Gasteiger partial charge in [0.2, 0.25) is 0 Å². The highest BCUT2D eigenvalue weighted by molar-refractivity contribution is 7.99. The van der Waals surface area contributed by atoms with E-state index in [1.807, 2.05) is 42.5 Å². The van der Waals surface area contributed by atoms with Crippen LogP contribution in [-0.2, 0) is 0 Å². The molecule has 0 fully saturated rings. The molecule has 2 N–H and O–H groups in total. The summed E-state index contributed by atoms with van der Waals surface area (Å²) in [6, 6.07) is 13.6. The predicted molar refractivity (Wildman–Crippen MR) is 86.5 cm³/mol. The number of halogens is 1. The van der Waals surface area contributed by atoms with E-state index in [1.165, 1.54) is 0 Å². The summed E-state index contributed by atoms with van der Waals surface area (Å²) >= 11 is 7.59. The second-order valence-electron chi connectivity index (χ2n) is 4.77. The highest BCUT2D eigenvalue weighted by Gasteiger charge is 2.14. The van der Waals surface area contributed by atoms with Crippen molar-refractivity contribution in [2.45, 2.75) is 10.9 Å². The Morgan fingerprint density at radius 2 is 1.76 bits per heavy atom. The number of fused-ring (bicyclic) bond motifs is 1. The molecule has 2 aromatic carbocycles. The summed E-state index contributed by atoms with van der Waals surface area (Å²) in [6.45, 7) is 1.19. The zero-order valence-electron chi connectivity index (χ0n) is 11.4. The van der Waals surface area contributed by atoms with Crippen molar-refractivity contribution in [2.24, 2.45) is 5.73 Å². The van der Waals surface area contributed by atoms with Gasteiger partial charge >= 0.3 is 0 Å². The maximum absolute atomic E-state index is 6.26. The van der Waals surface area contributed by atoms with Gasteiger partial charge in [0.15, 0.2) is 11.5 Å². The molecule has 1 unspecified atom stereocenters. The Bertz CT molecular complexity index is 618. The van der Waals surface area contributed by atoms with E-state index in [9.17, 15) is 0 Å². The van der Waals surface area contributed by atoms with E-state index >= 15 is 0 Å². The molecule has 0 spiro atoms. The molecule has 3 rings (SSSR count). The molecule has 1 atom stereocenters. The normalized spacial score (nSPS) is 14.8. The van der Waals surface area contributed by atoms with Crippen molar-refractivity contribution in [2.75, 3.05) is 19.0 Å². The Morgan fingerprint density at radius 3 is 2.52 bits per heavy atom. The quantitative estimate of drug-likeness (QED) is 0.867. The minimum absolute atomic E-state index is 0.0542. The van der Waals surface area contributed by atoms with Crippen molar-refractivity contribution in [3.8, 4) is 11.5 Å². The van der Waals surface area contributed by atoms with E-state index in [-0.39, 0.29) is 6.04 Å². The number of rotatable bonds is 4. The third kappa shape index (κ3) is 3.64. The molecule has 0 aromatic heterocycles. The molecule has 0 saturated carbocycles. The average molecular weight is 322 g/mol. The molecule has 1 heterocycles. The summed E-state index contributed by atoms with van der Waals surface area (Å²) in [5.41, 5.74) is 7.32. The molecule has 1 aliphatic rings. The lowest BCUT2D eigenvalue weighted by Gasteiger charge is -2.20. The van der Waals surface area contributed by atoms with Crippen molar-refractivity contribution in [3.63, 3.8) is 0 Å². The molecule has 0 radical (unpaired) electrons. The minimum atomic E-state index is -0.0542. The van der Waals surface area contributed by atoms with Crippen molar-refractivity contribution >= 4 is 23.4 Å². The fourth-order valence-electron chi connectivity index (χ4n) is 2.10. The summed E-state index contributed by atoms with van der Waals surface area (Å²) in [6.07, 6.45) is 0. The number of ether oxygens (including phenoxy) is 2. The van der Waals surface area contributed by atoms with Crippen molar-refractivity contribution in [1.29, 1.82) is 0 Å². The molecule has 5 heteroatoms. The SMILES string of the molecule is NC(CSc1ccc(Cl)cc1)c1ccc2c(c1)OCCO2. The Morgan fingerprint density at radius 1 is 1.05 bits per heavy atom. The van der Waals surface area contributed by atoms with Crippen LogP contribution in [0.5, 0.6) is 11.5 Å². The van der Waals surface area contributed by atoms with Crippen LogP contribution in [0.1, 0.15) is 11.6 Å². The highest BCUT2D eigenvalue weighted by atomic mass is 35.5. The number of thioether (sulfide) groups is 1. The Balaban J connectivity index is 1.65.